The van der Waals surface area contributed by atoms with Crippen molar-refractivity contribution in [1.82, 2.24) is 5.32 Å². The molecule has 0 saturated heterocycles. The average Bonchev–Trinajstić information content (AvgIpc) is 2.37. The largest absolute Gasteiger partial charge is 0.490 e. The highest BCUT2D eigenvalue weighted by atomic mass is 19.2. The van der Waals surface area contributed by atoms with Gasteiger partial charge in [-0.15, -0.1) is 0 Å². The maximum absolute atomic E-state index is 13.3. The maximum Gasteiger partial charge on any atom is 0.404 e. The second-order valence-electron chi connectivity index (χ2n) is 4.66. The van der Waals surface area contributed by atoms with Crippen molar-refractivity contribution >= 4 is 6.09 Å². The molecule has 1 aliphatic carbocycles. The lowest BCUT2D eigenvalue weighted by Gasteiger charge is -2.35. The molecule has 1 aliphatic rings. The second-order valence-corrected chi connectivity index (χ2v) is 4.66. The molecule has 1 aromatic carbocycles. The first kappa shape index (κ1) is 14.5. The topological polar surface area (TPSA) is 58.6 Å². The zero-order valence-corrected chi connectivity index (χ0v) is 10.5. The number of halogens is 3. The molecule has 7 heteroatoms. The van der Waals surface area contributed by atoms with Crippen LogP contribution in [0.2, 0.25) is 0 Å². The van der Waals surface area contributed by atoms with E-state index in [0.29, 0.717) is 12.8 Å². The van der Waals surface area contributed by atoms with Gasteiger partial charge in [-0.1, -0.05) is 0 Å². The summed E-state index contributed by atoms with van der Waals surface area (Å²) in [6.45, 7) is -1.30. The van der Waals surface area contributed by atoms with Crippen LogP contribution in [0.15, 0.2) is 18.2 Å². The number of carboxylic acid groups (broad SMARTS) is 1. The summed E-state index contributed by atoms with van der Waals surface area (Å²) in [7, 11) is 0. The second kappa shape index (κ2) is 6.02. The number of alkyl halides is 2. The van der Waals surface area contributed by atoms with Gasteiger partial charge in [0.05, 0.1) is 0 Å². The molecule has 110 valence electrons. The van der Waals surface area contributed by atoms with E-state index in [9.17, 15) is 18.0 Å². The molecular weight excluding hydrogens is 275 g/mol. The van der Waals surface area contributed by atoms with E-state index < -0.39 is 24.8 Å². The van der Waals surface area contributed by atoms with Gasteiger partial charge < -0.3 is 15.2 Å². The van der Waals surface area contributed by atoms with Crippen molar-refractivity contribution in [2.45, 2.75) is 31.2 Å². The number of rotatable bonds is 5. The van der Waals surface area contributed by atoms with Gasteiger partial charge in [-0.2, -0.15) is 0 Å². The first-order valence-corrected chi connectivity index (χ1v) is 6.15. The van der Waals surface area contributed by atoms with Crippen molar-refractivity contribution in [3.05, 3.63) is 29.6 Å². The van der Waals surface area contributed by atoms with E-state index in [1.54, 1.807) is 0 Å². The molecule has 4 nitrogen and oxygen atoms in total. The number of nitrogens with one attached hydrogen (secondary N) is 1. The molecule has 0 spiro atoms. The molecular formula is C13H14F3NO3. The summed E-state index contributed by atoms with van der Waals surface area (Å²) < 4.78 is 44.2. The van der Waals surface area contributed by atoms with Crippen LogP contribution in [0.25, 0.3) is 0 Å². The zero-order chi connectivity index (χ0) is 14.7. The average molecular weight is 289 g/mol. The fourth-order valence-corrected chi connectivity index (χ4v) is 2.07. The molecule has 2 N–H and O–H groups in total. The lowest BCUT2D eigenvalue weighted by Crippen LogP contribution is -2.48. The lowest BCUT2D eigenvalue weighted by molar-refractivity contribution is 0.0830. The van der Waals surface area contributed by atoms with E-state index in [-0.39, 0.29) is 23.5 Å². The number of hydrogen-bond donors (Lipinski definition) is 2. The minimum atomic E-state index is -2.01. The third kappa shape index (κ3) is 3.34. The Kier molecular flexibility index (Phi) is 4.36. The quantitative estimate of drug-likeness (QED) is 0.876. The Bertz CT molecular complexity index is 492. The third-order valence-electron chi connectivity index (χ3n) is 3.17. The van der Waals surface area contributed by atoms with Gasteiger partial charge in [0, 0.05) is 24.4 Å². The summed E-state index contributed by atoms with van der Waals surface area (Å²) >= 11 is 0. The summed E-state index contributed by atoms with van der Waals surface area (Å²) in [6.07, 6.45) is -2.35. The maximum atomic E-state index is 13.3. The molecule has 1 atom stereocenters. The molecule has 0 aliphatic heterocycles. The number of amides is 1. The molecule has 0 heterocycles. The SMILES string of the molecule is O=C(O)N[C@H]1C[C@H](Oc2ccc(F)c(C(F)CF)c2)C1. The lowest BCUT2D eigenvalue weighted by atomic mass is 9.89. The summed E-state index contributed by atoms with van der Waals surface area (Å²) in [5.41, 5.74) is -0.371. The highest BCUT2D eigenvalue weighted by Gasteiger charge is 2.32. The van der Waals surface area contributed by atoms with Crippen molar-refractivity contribution in [3.63, 3.8) is 0 Å². The van der Waals surface area contributed by atoms with E-state index in [1.165, 1.54) is 6.07 Å². The van der Waals surface area contributed by atoms with Crippen LogP contribution in [0.3, 0.4) is 0 Å². The van der Waals surface area contributed by atoms with Crippen LogP contribution in [0.5, 0.6) is 5.75 Å². The molecule has 0 radical (unpaired) electrons. The van der Waals surface area contributed by atoms with Gasteiger partial charge in [-0.3, -0.25) is 0 Å². The van der Waals surface area contributed by atoms with Gasteiger partial charge >= 0.3 is 6.09 Å². The van der Waals surface area contributed by atoms with Crippen LogP contribution in [0, 0.1) is 5.82 Å². The Morgan fingerprint density at radius 1 is 1.50 bits per heavy atom. The van der Waals surface area contributed by atoms with Crippen molar-refractivity contribution < 1.29 is 27.8 Å². The molecule has 1 amide bonds. The van der Waals surface area contributed by atoms with Gasteiger partial charge in [-0.25, -0.2) is 18.0 Å². The molecule has 0 aromatic heterocycles. The highest BCUT2D eigenvalue weighted by molar-refractivity contribution is 5.65. The van der Waals surface area contributed by atoms with Crippen LogP contribution < -0.4 is 10.1 Å². The highest BCUT2D eigenvalue weighted by Crippen LogP contribution is 2.30. The molecule has 2 rings (SSSR count). The van der Waals surface area contributed by atoms with Crippen molar-refractivity contribution in [3.8, 4) is 5.75 Å². The van der Waals surface area contributed by atoms with E-state index in [4.69, 9.17) is 9.84 Å². The predicted octanol–water partition coefficient (Wildman–Crippen LogP) is 2.98. The first-order valence-electron chi connectivity index (χ1n) is 6.15. The molecule has 20 heavy (non-hydrogen) atoms. The predicted molar refractivity (Wildman–Crippen MR) is 64.8 cm³/mol. The van der Waals surface area contributed by atoms with Crippen LogP contribution in [-0.2, 0) is 0 Å². The molecule has 1 saturated carbocycles. The Hall–Kier alpha value is -1.92. The van der Waals surface area contributed by atoms with Crippen LogP contribution in [0.4, 0.5) is 18.0 Å². The van der Waals surface area contributed by atoms with Crippen molar-refractivity contribution in [2.24, 2.45) is 0 Å². The Morgan fingerprint density at radius 3 is 2.80 bits per heavy atom. The number of hydrogen-bond acceptors (Lipinski definition) is 2. The van der Waals surface area contributed by atoms with Gasteiger partial charge in [0.15, 0.2) is 6.17 Å². The number of benzene rings is 1. The van der Waals surface area contributed by atoms with E-state index in [2.05, 4.69) is 5.32 Å². The number of carbonyl (C=O) groups is 1. The smallest absolute Gasteiger partial charge is 0.404 e. The van der Waals surface area contributed by atoms with E-state index in [0.717, 1.165) is 12.1 Å². The van der Waals surface area contributed by atoms with Crippen LogP contribution in [-0.4, -0.2) is 30.0 Å². The van der Waals surface area contributed by atoms with E-state index >= 15 is 0 Å². The van der Waals surface area contributed by atoms with Crippen molar-refractivity contribution in [1.29, 1.82) is 0 Å². The van der Waals surface area contributed by atoms with E-state index in [1.807, 2.05) is 0 Å². The van der Waals surface area contributed by atoms with Gasteiger partial charge in [-0.05, 0) is 18.2 Å². The van der Waals surface area contributed by atoms with Crippen LogP contribution in [0.1, 0.15) is 24.6 Å². The Labute approximate surface area is 113 Å². The Balaban J connectivity index is 1.93. The fourth-order valence-electron chi connectivity index (χ4n) is 2.07. The summed E-state index contributed by atoms with van der Waals surface area (Å²) in [5.74, 6) is -0.571. The standard InChI is InChI=1S/C13H14F3NO3/c14-6-12(16)10-5-8(1-2-11(10)15)20-9-3-7(4-9)17-13(18)19/h1-2,5,7,9,12,17H,3-4,6H2,(H,18,19)/t7-,9-,12?. The van der Waals surface area contributed by atoms with Gasteiger partial charge in [0.2, 0.25) is 0 Å². The molecule has 0 bridgehead atoms. The van der Waals surface area contributed by atoms with Crippen LogP contribution >= 0.6 is 0 Å². The zero-order valence-electron chi connectivity index (χ0n) is 10.5. The monoisotopic (exact) mass is 289 g/mol. The third-order valence-corrected chi connectivity index (χ3v) is 3.17. The first-order chi connectivity index (χ1) is 9.49. The summed E-state index contributed by atoms with van der Waals surface area (Å²) in [6, 6.07) is 3.33. The molecule has 1 unspecified atom stereocenters. The fraction of sp³-hybridized carbons (Fsp3) is 0.462. The Morgan fingerprint density at radius 2 is 2.20 bits per heavy atom. The molecule has 1 fully saturated rings. The summed E-state index contributed by atoms with van der Waals surface area (Å²) in [4.78, 5) is 10.4. The minimum absolute atomic E-state index is 0.169. The number of ether oxygens (including phenoxy) is 1. The van der Waals surface area contributed by atoms with Gasteiger partial charge in [0.1, 0.15) is 24.3 Å². The summed E-state index contributed by atoms with van der Waals surface area (Å²) in [5, 5.41) is 10.8. The molecule has 1 aromatic rings. The normalized spacial score (nSPS) is 22.8. The van der Waals surface area contributed by atoms with Crippen molar-refractivity contribution in [2.75, 3.05) is 6.67 Å². The van der Waals surface area contributed by atoms with Gasteiger partial charge in [0.25, 0.3) is 0 Å². The minimum Gasteiger partial charge on any atom is -0.490 e.